The molecule has 2 N–H and O–H groups in total. The third-order valence-corrected chi connectivity index (χ3v) is 2.62. The second kappa shape index (κ2) is 5.08. The summed E-state index contributed by atoms with van der Waals surface area (Å²) in [6.45, 7) is 6.58. The highest BCUT2D eigenvalue weighted by molar-refractivity contribution is 5.97. The van der Waals surface area contributed by atoms with Crippen LogP contribution in [0.1, 0.15) is 34.8 Å². The van der Waals surface area contributed by atoms with Gasteiger partial charge in [-0.1, -0.05) is 30.7 Å². The number of Topliss-reactive ketones (excluding diaryl/α,β-unsaturated/α-hetero) is 1. The monoisotopic (exact) mass is 205 g/mol. The van der Waals surface area contributed by atoms with Crippen molar-refractivity contribution in [1.29, 1.82) is 0 Å². The van der Waals surface area contributed by atoms with E-state index in [-0.39, 0.29) is 11.7 Å². The standard InChI is InChI=1S/C13H19NO/c1-9-4-5-12(11(3)6-9)13(15)7-10(2)8-14/h4-6,10H,7-8,14H2,1-3H3. The molecule has 1 aromatic carbocycles. The van der Waals surface area contributed by atoms with Gasteiger partial charge >= 0.3 is 0 Å². The van der Waals surface area contributed by atoms with Gasteiger partial charge in [-0.25, -0.2) is 0 Å². The zero-order valence-electron chi connectivity index (χ0n) is 9.71. The fourth-order valence-corrected chi connectivity index (χ4v) is 1.64. The van der Waals surface area contributed by atoms with E-state index >= 15 is 0 Å². The first-order valence-electron chi connectivity index (χ1n) is 5.35. The van der Waals surface area contributed by atoms with E-state index < -0.39 is 0 Å². The van der Waals surface area contributed by atoms with Crippen molar-refractivity contribution in [3.8, 4) is 0 Å². The van der Waals surface area contributed by atoms with E-state index in [1.54, 1.807) is 0 Å². The van der Waals surface area contributed by atoms with Crippen LogP contribution in [-0.2, 0) is 0 Å². The fraction of sp³-hybridized carbons (Fsp3) is 0.462. The molecular formula is C13H19NO. The van der Waals surface area contributed by atoms with Crippen molar-refractivity contribution >= 4 is 5.78 Å². The van der Waals surface area contributed by atoms with Crippen molar-refractivity contribution in [1.82, 2.24) is 0 Å². The Kier molecular flexibility index (Phi) is 4.04. The van der Waals surface area contributed by atoms with Crippen molar-refractivity contribution in [3.05, 3.63) is 34.9 Å². The smallest absolute Gasteiger partial charge is 0.163 e. The maximum atomic E-state index is 11.9. The summed E-state index contributed by atoms with van der Waals surface area (Å²) in [5.74, 6) is 0.462. The molecule has 0 saturated heterocycles. The van der Waals surface area contributed by atoms with Gasteiger partial charge in [0, 0.05) is 12.0 Å². The Morgan fingerprint density at radius 1 is 1.40 bits per heavy atom. The first-order valence-corrected chi connectivity index (χ1v) is 5.35. The van der Waals surface area contributed by atoms with Crippen LogP contribution < -0.4 is 5.73 Å². The lowest BCUT2D eigenvalue weighted by Crippen LogP contribution is -2.15. The van der Waals surface area contributed by atoms with E-state index in [9.17, 15) is 4.79 Å². The van der Waals surface area contributed by atoms with Crippen LogP contribution in [0.5, 0.6) is 0 Å². The molecule has 15 heavy (non-hydrogen) atoms. The molecule has 0 saturated carbocycles. The molecule has 82 valence electrons. The van der Waals surface area contributed by atoms with Crippen molar-refractivity contribution in [3.63, 3.8) is 0 Å². The van der Waals surface area contributed by atoms with Gasteiger partial charge in [0.25, 0.3) is 0 Å². The van der Waals surface area contributed by atoms with Gasteiger partial charge in [0.15, 0.2) is 5.78 Å². The topological polar surface area (TPSA) is 43.1 Å². The molecule has 0 aliphatic rings. The maximum absolute atomic E-state index is 11.9. The van der Waals surface area contributed by atoms with Gasteiger partial charge in [-0.05, 0) is 31.9 Å². The number of ketones is 1. The van der Waals surface area contributed by atoms with Crippen molar-refractivity contribution < 1.29 is 4.79 Å². The molecule has 0 aromatic heterocycles. The lowest BCUT2D eigenvalue weighted by Gasteiger charge is -2.09. The van der Waals surface area contributed by atoms with E-state index in [1.807, 2.05) is 39.0 Å². The average Bonchev–Trinajstić information content (AvgIpc) is 2.17. The second-order valence-corrected chi connectivity index (χ2v) is 4.29. The van der Waals surface area contributed by atoms with E-state index in [1.165, 1.54) is 5.56 Å². The fourth-order valence-electron chi connectivity index (χ4n) is 1.64. The molecule has 0 aliphatic heterocycles. The number of benzene rings is 1. The predicted molar refractivity (Wildman–Crippen MR) is 63.1 cm³/mol. The number of carbonyl (C=O) groups is 1. The van der Waals surface area contributed by atoms with Gasteiger partial charge < -0.3 is 5.73 Å². The first kappa shape index (κ1) is 11.9. The largest absolute Gasteiger partial charge is 0.330 e. The highest BCUT2D eigenvalue weighted by Crippen LogP contribution is 2.15. The summed E-state index contributed by atoms with van der Waals surface area (Å²) >= 11 is 0. The van der Waals surface area contributed by atoms with Crippen LogP contribution in [0.3, 0.4) is 0 Å². The Morgan fingerprint density at radius 2 is 2.07 bits per heavy atom. The summed E-state index contributed by atoms with van der Waals surface area (Å²) in [6.07, 6.45) is 0.542. The van der Waals surface area contributed by atoms with Crippen LogP contribution in [0.15, 0.2) is 18.2 Å². The zero-order chi connectivity index (χ0) is 11.4. The molecule has 2 nitrogen and oxygen atoms in total. The minimum atomic E-state index is 0.199. The number of rotatable bonds is 4. The van der Waals surface area contributed by atoms with Gasteiger partial charge in [0.05, 0.1) is 0 Å². The first-order chi connectivity index (χ1) is 7.04. The van der Waals surface area contributed by atoms with E-state index in [2.05, 4.69) is 0 Å². The number of hydrogen-bond acceptors (Lipinski definition) is 2. The van der Waals surface area contributed by atoms with E-state index in [0.29, 0.717) is 13.0 Å². The summed E-state index contributed by atoms with van der Waals surface area (Å²) in [4.78, 5) is 11.9. The summed E-state index contributed by atoms with van der Waals surface area (Å²) in [5.41, 5.74) is 8.59. The normalized spacial score (nSPS) is 12.5. The molecule has 1 atom stereocenters. The van der Waals surface area contributed by atoms with Crippen LogP contribution in [0.4, 0.5) is 0 Å². The van der Waals surface area contributed by atoms with Gasteiger partial charge in [-0.3, -0.25) is 4.79 Å². The zero-order valence-corrected chi connectivity index (χ0v) is 9.71. The van der Waals surface area contributed by atoms with E-state index in [0.717, 1.165) is 11.1 Å². The summed E-state index contributed by atoms with van der Waals surface area (Å²) in [5, 5.41) is 0. The van der Waals surface area contributed by atoms with Crippen molar-refractivity contribution in [2.45, 2.75) is 27.2 Å². The Bertz CT molecular complexity index is 358. The Balaban J connectivity index is 2.82. The van der Waals surface area contributed by atoms with Crippen LogP contribution in [0.2, 0.25) is 0 Å². The SMILES string of the molecule is Cc1ccc(C(=O)CC(C)CN)c(C)c1. The molecular weight excluding hydrogens is 186 g/mol. The van der Waals surface area contributed by atoms with Crippen molar-refractivity contribution in [2.24, 2.45) is 11.7 Å². The second-order valence-electron chi connectivity index (χ2n) is 4.29. The molecule has 0 heterocycles. The molecule has 0 spiro atoms. The lowest BCUT2D eigenvalue weighted by atomic mass is 9.96. The molecule has 0 bridgehead atoms. The molecule has 0 radical (unpaired) electrons. The van der Waals surface area contributed by atoms with E-state index in [4.69, 9.17) is 5.73 Å². The minimum absolute atomic E-state index is 0.199. The van der Waals surface area contributed by atoms with Crippen molar-refractivity contribution in [2.75, 3.05) is 6.54 Å². The third-order valence-electron chi connectivity index (χ3n) is 2.62. The van der Waals surface area contributed by atoms with Gasteiger partial charge in [0.2, 0.25) is 0 Å². The van der Waals surface area contributed by atoms with Gasteiger partial charge in [-0.2, -0.15) is 0 Å². The highest BCUT2D eigenvalue weighted by Gasteiger charge is 2.12. The average molecular weight is 205 g/mol. The molecule has 0 amide bonds. The van der Waals surface area contributed by atoms with Crippen LogP contribution >= 0.6 is 0 Å². The molecule has 0 fully saturated rings. The van der Waals surface area contributed by atoms with Crippen LogP contribution in [0.25, 0.3) is 0 Å². The predicted octanol–water partition coefficient (Wildman–Crippen LogP) is 2.47. The molecule has 1 rings (SSSR count). The number of nitrogens with two attached hydrogens (primary N) is 1. The number of hydrogen-bond donors (Lipinski definition) is 1. The van der Waals surface area contributed by atoms with Crippen LogP contribution in [0, 0.1) is 19.8 Å². The Hall–Kier alpha value is -1.15. The number of aryl methyl sites for hydroxylation is 2. The third kappa shape index (κ3) is 3.17. The molecule has 0 aliphatic carbocycles. The Labute approximate surface area is 91.5 Å². The molecule has 2 heteroatoms. The highest BCUT2D eigenvalue weighted by atomic mass is 16.1. The molecule has 1 unspecified atom stereocenters. The minimum Gasteiger partial charge on any atom is -0.330 e. The van der Waals surface area contributed by atoms with Crippen LogP contribution in [-0.4, -0.2) is 12.3 Å². The van der Waals surface area contributed by atoms with Gasteiger partial charge in [0.1, 0.15) is 0 Å². The summed E-state index contributed by atoms with van der Waals surface area (Å²) in [6, 6.07) is 5.93. The molecule has 1 aromatic rings. The number of carbonyl (C=O) groups excluding carboxylic acids is 1. The summed E-state index contributed by atoms with van der Waals surface area (Å²) in [7, 11) is 0. The summed E-state index contributed by atoms with van der Waals surface area (Å²) < 4.78 is 0. The Morgan fingerprint density at radius 3 is 2.60 bits per heavy atom. The maximum Gasteiger partial charge on any atom is 0.163 e. The van der Waals surface area contributed by atoms with Gasteiger partial charge in [-0.15, -0.1) is 0 Å². The lowest BCUT2D eigenvalue weighted by molar-refractivity contribution is 0.0965. The quantitative estimate of drug-likeness (QED) is 0.767.